The molecule has 2 rings (SSSR count). The van der Waals surface area contributed by atoms with Crippen LogP contribution in [-0.4, -0.2) is 20.6 Å². The molecule has 0 aliphatic carbocycles. The van der Waals surface area contributed by atoms with Gasteiger partial charge in [0.15, 0.2) is 10.9 Å². The van der Waals surface area contributed by atoms with Gasteiger partial charge in [-0.05, 0) is 19.1 Å². The SMILES string of the molecule is C[C@H](Sc1nccn1C)C(=O)c1ccc(Br)cc1. The summed E-state index contributed by atoms with van der Waals surface area (Å²) in [6, 6.07) is 7.43. The van der Waals surface area contributed by atoms with Crippen LogP contribution < -0.4 is 0 Å². The lowest BCUT2D eigenvalue weighted by atomic mass is 10.1. The normalized spacial score (nSPS) is 12.4. The number of aromatic nitrogens is 2. The minimum atomic E-state index is -0.146. The van der Waals surface area contributed by atoms with Crippen LogP contribution in [0, 0.1) is 0 Å². The van der Waals surface area contributed by atoms with Crippen LogP contribution in [0.5, 0.6) is 0 Å². The molecule has 0 aliphatic rings. The smallest absolute Gasteiger partial charge is 0.175 e. The largest absolute Gasteiger partial charge is 0.329 e. The van der Waals surface area contributed by atoms with Gasteiger partial charge in [-0.2, -0.15) is 0 Å². The van der Waals surface area contributed by atoms with Gasteiger partial charge in [-0.3, -0.25) is 4.79 Å². The Balaban J connectivity index is 2.09. The molecule has 0 unspecified atom stereocenters. The quantitative estimate of drug-likeness (QED) is 0.637. The predicted molar refractivity (Wildman–Crippen MR) is 77.0 cm³/mol. The highest BCUT2D eigenvalue weighted by atomic mass is 79.9. The third-order valence-electron chi connectivity index (χ3n) is 2.56. The Labute approximate surface area is 119 Å². The maximum absolute atomic E-state index is 12.2. The number of rotatable bonds is 4. The van der Waals surface area contributed by atoms with Crippen molar-refractivity contribution < 1.29 is 4.79 Å². The molecule has 1 aromatic carbocycles. The first kappa shape index (κ1) is 13.4. The number of hydrogen-bond donors (Lipinski definition) is 0. The zero-order chi connectivity index (χ0) is 13.1. The molecule has 1 atom stereocenters. The van der Waals surface area contributed by atoms with Gasteiger partial charge in [0.2, 0.25) is 0 Å². The summed E-state index contributed by atoms with van der Waals surface area (Å²) in [6.07, 6.45) is 3.61. The van der Waals surface area contributed by atoms with Crippen LogP contribution in [0.3, 0.4) is 0 Å². The molecule has 0 radical (unpaired) electrons. The van der Waals surface area contributed by atoms with E-state index < -0.39 is 0 Å². The summed E-state index contributed by atoms with van der Waals surface area (Å²) in [5.74, 6) is 0.121. The molecule has 0 amide bonds. The van der Waals surface area contributed by atoms with Crippen molar-refractivity contribution >= 4 is 33.5 Å². The molecule has 0 spiro atoms. The average molecular weight is 325 g/mol. The van der Waals surface area contributed by atoms with E-state index in [0.717, 1.165) is 15.2 Å². The molecular formula is C13H13BrN2OS. The topological polar surface area (TPSA) is 34.9 Å². The molecule has 18 heavy (non-hydrogen) atoms. The van der Waals surface area contributed by atoms with E-state index in [-0.39, 0.29) is 11.0 Å². The summed E-state index contributed by atoms with van der Waals surface area (Å²) in [5, 5.41) is 0.709. The number of imidazole rings is 1. The van der Waals surface area contributed by atoms with Crippen molar-refractivity contribution in [3.05, 3.63) is 46.7 Å². The highest BCUT2D eigenvalue weighted by Gasteiger charge is 2.18. The average Bonchev–Trinajstić information content (AvgIpc) is 2.75. The highest BCUT2D eigenvalue weighted by Crippen LogP contribution is 2.24. The summed E-state index contributed by atoms with van der Waals surface area (Å²) in [4.78, 5) is 16.4. The number of carbonyl (C=O) groups excluding carboxylic acids is 1. The third kappa shape index (κ3) is 3.03. The van der Waals surface area contributed by atoms with Crippen molar-refractivity contribution in [2.45, 2.75) is 17.3 Å². The van der Waals surface area contributed by atoms with Crippen molar-refractivity contribution in [3.8, 4) is 0 Å². The molecule has 1 heterocycles. The fraction of sp³-hybridized carbons (Fsp3) is 0.231. The number of carbonyl (C=O) groups is 1. The lowest BCUT2D eigenvalue weighted by molar-refractivity contribution is 0.0994. The van der Waals surface area contributed by atoms with Crippen molar-refractivity contribution in [3.63, 3.8) is 0 Å². The van der Waals surface area contributed by atoms with Crippen LogP contribution in [-0.2, 0) is 7.05 Å². The Kier molecular flexibility index (Phi) is 4.24. The minimum Gasteiger partial charge on any atom is -0.329 e. The van der Waals surface area contributed by atoms with Crippen LogP contribution in [0.25, 0.3) is 0 Å². The van der Waals surface area contributed by atoms with Gasteiger partial charge in [0.25, 0.3) is 0 Å². The molecule has 1 aromatic heterocycles. The Morgan fingerprint density at radius 1 is 1.39 bits per heavy atom. The van der Waals surface area contributed by atoms with Gasteiger partial charge in [0.1, 0.15) is 0 Å². The fourth-order valence-corrected chi connectivity index (χ4v) is 2.70. The molecule has 0 fully saturated rings. The number of Topliss-reactive ketones (excluding diaryl/α,β-unsaturated/α-hetero) is 1. The molecule has 0 aliphatic heterocycles. The zero-order valence-corrected chi connectivity index (χ0v) is 12.5. The lowest BCUT2D eigenvalue weighted by Gasteiger charge is -2.09. The number of hydrogen-bond acceptors (Lipinski definition) is 3. The number of nitrogens with zero attached hydrogens (tertiary/aromatic N) is 2. The fourth-order valence-electron chi connectivity index (χ4n) is 1.53. The van der Waals surface area contributed by atoms with Gasteiger partial charge < -0.3 is 4.57 Å². The number of benzene rings is 1. The maximum atomic E-state index is 12.2. The molecular weight excluding hydrogens is 312 g/mol. The molecule has 0 saturated heterocycles. The summed E-state index contributed by atoms with van der Waals surface area (Å²) < 4.78 is 2.89. The predicted octanol–water partition coefficient (Wildman–Crippen LogP) is 3.55. The second-order valence-electron chi connectivity index (χ2n) is 3.95. The molecule has 94 valence electrons. The van der Waals surface area contributed by atoms with E-state index in [1.807, 2.05) is 49.0 Å². The molecule has 2 aromatic rings. The van der Waals surface area contributed by atoms with E-state index in [0.29, 0.717) is 0 Å². The summed E-state index contributed by atoms with van der Waals surface area (Å²) in [5.41, 5.74) is 0.729. The minimum absolute atomic E-state index is 0.121. The number of thioether (sulfide) groups is 1. The first-order valence-electron chi connectivity index (χ1n) is 5.51. The number of ketones is 1. The van der Waals surface area contributed by atoms with E-state index >= 15 is 0 Å². The van der Waals surface area contributed by atoms with Crippen molar-refractivity contribution in [2.75, 3.05) is 0 Å². The second-order valence-corrected chi connectivity index (χ2v) is 6.18. The molecule has 0 bridgehead atoms. The monoisotopic (exact) mass is 324 g/mol. The van der Waals surface area contributed by atoms with E-state index in [4.69, 9.17) is 0 Å². The Morgan fingerprint density at radius 2 is 2.06 bits per heavy atom. The van der Waals surface area contributed by atoms with E-state index in [1.165, 1.54) is 11.8 Å². The van der Waals surface area contributed by atoms with Gasteiger partial charge in [-0.15, -0.1) is 0 Å². The zero-order valence-electron chi connectivity index (χ0n) is 10.1. The van der Waals surface area contributed by atoms with Gasteiger partial charge >= 0.3 is 0 Å². The van der Waals surface area contributed by atoms with Crippen molar-refractivity contribution in [1.29, 1.82) is 0 Å². The van der Waals surface area contributed by atoms with Crippen LogP contribution in [0.2, 0.25) is 0 Å². The first-order chi connectivity index (χ1) is 8.58. The van der Waals surface area contributed by atoms with Crippen LogP contribution in [0.4, 0.5) is 0 Å². The van der Waals surface area contributed by atoms with Crippen LogP contribution >= 0.6 is 27.7 Å². The first-order valence-corrected chi connectivity index (χ1v) is 7.19. The molecule has 0 saturated carbocycles. The van der Waals surface area contributed by atoms with Gasteiger partial charge in [-0.1, -0.05) is 39.8 Å². The maximum Gasteiger partial charge on any atom is 0.175 e. The van der Waals surface area contributed by atoms with E-state index in [2.05, 4.69) is 20.9 Å². The van der Waals surface area contributed by atoms with E-state index in [9.17, 15) is 4.79 Å². The standard InChI is InChI=1S/C13H13BrN2OS/c1-9(18-13-15-7-8-16(13)2)12(17)10-3-5-11(14)6-4-10/h3-9H,1-2H3/t9-/m0/s1. The second kappa shape index (κ2) is 5.71. The lowest BCUT2D eigenvalue weighted by Crippen LogP contribution is -2.14. The molecule has 3 nitrogen and oxygen atoms in total. The summed E-state index contributed by atoms with van der Waals surface area (Å²) >= 11 is 4.83. The van der Waals surface area contributed by atoms with Gasteiger partial charge in [0.05, 0.1) is 5.25 Å². The Morgan fingerprint density at radius 3 is 2.61 bits per heavy atom. The van der Waals surface area contributed by atoms with Crippen LogP contribution in [0.1, 0.15) is 17.3 Å². The van der Waals surface area contributed by atoms with Crippen LogP contribution in [0.15, 0.2) is 46.3 Å². The van der Waals surface area contributed by atoms with Crippen molar-refractivity contribution in [1.82, 2.24) is 9.55 Å². The summed E-state index contributed by atoms with van der Waals surface area (Å²) in [7, 11) is 1.92. The highest BCUT2D eigenvalue weighted by molar-refractivity contribution is 9.10. The Hall–Kier alpha value is -1.07. The Bertz CT molecular complexity index is 550. The number of aryl methyl sites for hydroxylation is 1. The van der Waals surface area contributed by atoms with Gasteiger partial charge in [0, 0.05) is 29.5 Å². The van der Waals surface area contributed by atoms with E-state index in [1.54, 1.807) is 6.20 Å². The van der Waals surface area contributed by atoms with Crippen molar-refractivity contribution in [2.24, 2.45) is 7.05 Å². The number of halogens is 1. The summed E-state index contributed by atoms with van der Waals surface area (Å²) in [6.45, 7) is 1.91. The van der Waals surface area contributed by atoms with Gasteiger partial charge in [-0.25, -0.2) is 4.98 Å². The molecule has 0 N–H and O–H groups in total. The molecule has 5 heteroatoms. The third-order valence-corrected chi connectivity index (χ3v) is 4.26.